The highest BCUT2D eigenvalue weighted by molar-refractivity contribution is 9.10. The van der Waals surface area contributed by atoms with E-state index in [1.807, 2.05) is 45.3 Å². The van der Waals surface area contributed by atoms with Crippen LogP contribution in [0.3, 0.4) is 0 Å². The maximum absolute atomic E-state index is 12.6. The molecule has 0 spiro atoms. The van der Waals surface area contributed by atoms with E-state index in [1.54, 1.807) is 23.0 Å². The fourth-order valence-corrected chi connectivity index (χ4v) is 2.05. The Labute approximate surface area is 126 Å². The van der Waals surface area contributed by atoms with E-state index in [0.29, 0.717) is 5.75 Å². The van der Waals surface area contributed by atoms with Crippen molar-refractivity contribution in [1.29, 1.82) is 0 Å². The molecule has 0 aliphatic rings. The highest BCUT2D eigenvalue weighted by atomic mass is 79.9. The van der Waals surface area contributed by atoms with Gasteiger partial charge < -0.3 is 9.30 Å². The molecule has 106 valence electrons. The van der Waals surface area contributed by atoms with Crippen LogP contribution in [0.1, 0.15) is 27.0 Å². The molecule has 1 atom stereocenters. The first-order chi connectivity index (χ1) is 9.38. The van der Waals surface area contributed by atoms with Crippen molar-refractivity contribution in [1.82, 2.24) is 9.55 Å². The molecule has 0 fully saturated rings. The van der Waals surface area contributed by atoms with Crippen LogP contribution in [-0.2, 0) is 4.79 Å². The number of carbonyl (C=O) groups is 1. The zero-order valence-electron chi connectivity index (χ0n) is 11.7. The SMILES string of the molecule is CC(C)(C)C(=O)C(Oc1cncc(Br)c1)n1cccc1. The Balaban J connectivity index is 2.31. The third-order valence-corrected chi connectivity index (χ3v) is 3.22. The molecule has 4 nitrogen and oxygen atoms in total. The third kappa shape index (κ3) is 3.48. The molecule has 0 aliphatic carbocycles. The lowest BCUT2D eigenvalue weighted by Gasteiger charge is -2.26. The van der Waals surface area contributed by atoms with E-state index < -0.39 is 11.6 Å². The van der Waals surface area contributed by atoms with Gasteiger partial charge in [-0.05, 0) is 34.1 Å². The van der Waals surface area contributed by atoms with Crippen LogP contribution < -0.4 is 4.74 Å². The van der Waals surface area contributed by atoms with E-state index in [2.05, 4.69) is 20.9 Å². The van der Waals surface area contributed by atoms with Gasteiger partial charge in [-0.3, -0.25) is 9.78 Å². The monoisotopic (exact) mass is 336 g/mol. The largest absolute Gasteiger partial charge is 0.461 e. The normalized spacial score (nSPS) is 13.0. The van der Waals surface area contributed by atoms with Gasteiger partial charge in [-0.25, -0.2) is 0 Å². The second kappa shape index (κ2) is 5.79. The Bertz CT molecular complexity index is 588. The minimum atomic E-state index is -0.693. The molecule has 0 bridgehead atoms. The fourth-order valence-electron chi connectivity index (χ4n) is 1.71. The second-order valence-electron chi connectivity index (χ2n) is 5.55. The smallest absolute Gasteiger partial charge is 0.235 e. The lowest BCUT2D eigenvalue weighted by molar-refractivity contribution is -0.137. The zero-order chi connectivity index (χ0) is 14.8. The van der Waals surface area contributed by atoms with Crippen LogP contribution in [0.25, 0.3) is 0 Å². The maximum atomic E-state index is 12.6. The average molecular weight is 337 g/mol. The summed E-state index contributed by atoms with van der Waals surface area (Å²) < 4.78 is 8.42. The minimum absolute atomic E-state index is 0.00803. The lowest BCUT2D eigenvalue weighted by atomic mass is 9.89. The van der Waals surface area contributed by atoms with E-state index >= 15 is 0 Å². The zero-order valence-corrected chi connectivity index (χ0v) is 13.3. The topological polar surface area (TPSA) is 44.1 Å². The van der Waals surface area contributed by atoms with Gasteiger partial charge in [0.25, 0.3) is 0 Å². The summed E-state index contributed by atoms with van der Waals surface area (Å²) in [7, 11) is 0. The number of hydrogen-bond donors (Lipinski definition) is 0. The lowest BCUT2D eigenvalue weighted by Crippen LogP contribution is -2.33. The number of nitrogens with zero attached hydrogens (tertiary/aromatic N) is 2. The molecule has 0 saturated heterocycles. The number of ether oxygens (including phenoxy) is 1. The average Bonchev–Trinajstić information content (AvgIpc) is 2.87. The van der Waals surface area contributed by atoms with Crippen LogP contribution in [0.2, 0.25) is 0 Å². The maximum Gasteiger partial charge on any atom is 0.235 e. The fraction of sp³-hybridized carbons (Fsp3) is 0.333. The summed E-state index contributed by atoms with van der Waals surface area (Å²) in [4.78, 5) is 16.6. The van der Waals surface area contributed by atoms with Crippen LogP contribution in [0.4, 0.5) is 0 Å². The van der Waals surface area contributed by atoms with Gasteiger partial charge in [-0.1, -0.05) is 20.8 Å². The molecule has 0 N–H and O–H groups in total. The van der Waals surface area contributed by atoms with E-state index in [-0.39, 0.29) is 5.78 Å². The van der Waals surface area contributed by atoms with Gasteiger partial charge in [-0.15, -0.1) is 0 Å². The van der Waals surface area contributed by atoms with Gasteiger partial charge in [0.15, 0.2) is 5.78 Å². The molecule has 5 heteroatoms. The van der Waals surface area contributed by atoms with E-state index in [9.17, 15) is 4.79 Å². The Hall–Kier alpha value is -1.62. The van der Waals surface area contributed by atoms with Gasteiger partial charge in [0.2, 0.25) is 6.23 Å². The van der Waals surface area contributed by atoms with Crippen molar-refractivity contribution in [2.75, 3.05) is 0 Å². The summed E-state index contributed by atoms with van der Waals surface area (Å²) >= 11 is 3.34. The number of halogens is 1. The predicted octanol–water partition coefficient (Wildman–Crippen LogP) is 3.84. The number of hydrogen-bond acceptors (Lipinski definition) is 3. The molecule has 0 saturated carbocycles. The first-order valence-electron chi connectivity index (χ1n) is 6.32. The van der Waals surface area contributed by atoms with E-state index in [4.69, 9.17) is 4.74 Å². The van der Waals surface area contributed by atoms with Crippen molar-refractivity contribution in [2.45, 2.75) is 27.0 Å². The molecule has 1 unspecified atom stereocenters. The van der Waals surface area contributed by atoms with Crippen molar-refractivity contribution >= 4 is 21.7 Å². The summed E-state index contributed by atoms with van der Waals surface area (Å²) in [6.45, 7) is 5.65. The molecule has 0 aromatic carbocycles. The van der Waals surface area contributed by atoms with Gasteiger partial charge in [0.05, 0.1) is 6.20 Å². The van der Waals surface area contributed by atoms with Gasteiger partial charge in [-0.2, -0.15) is 0 Å². The molecule has 2 rings (SSSR count). The molecular weight excluding hydrogens is 320 g/mol. The highest BCUT2D eigenvalue weighted by Gasteiger charge is 2.32. The van der Waals surface area contributed by atoms with Crippen molar-refractivity contribution in [3.63, 3.8) is 0 Å². The minimum Gasteiger partial charge on any atom is -0.461 e. The summed E-state index contributed by atoms with van der Waals surface area (Å²) in [5.41, 5.74) is -0.492. The molecule has 0 aliphatic heterocycles. The van der Waals surface area contributed by atoms with Crippen LogP contribution in [0.15, 0.2) is 47.5 Å². The first-order valence-corrected chi connectivity index (χ1v) is 7.11. The Morgan fingerprint density at radius 2 is 1.95 bits per heavy atom. The van der Waals surface area contributed by atoms with Gasteiger partial charge in [0, 0.05) is 28.5 Å². The molecule has 0 amide bonds. The van der Waals surface area contributed by atoms with E-state index in [1.165, 1.54) is 0 Å². The molecular formula is C15H17BrN2O2. The van der Waals surface area contributed by atoms with Crippen molar-refractivity contribution in [3.8, 4) is 5.75 Å². The first kappa shape index (κ1) is 14.8. The third-order valence-electron chi connectivity index (χ3n) is 2.79. The summed E-state index contributed by atoms with van der Waals surface area (Å²) in [6, 6.07) is 5.52. The predicted molar refractivity (Wildman–Crippen MR) is 80.5 cm³/mol. The van der Waals surface area contributed by atoms with Crippen LogP contribution in [0.5, 0.6) is 5.75 Å². The number of ketones is 1. The molecule has 2 aromatic heterocycles. The van der Waals surface area contributed by atoms with Crippen LogP contribution in [0, 0.1) is 5.41 Å². The van der Waals surface area contributed by atoms with Crippen LogP contribution >= 0.6 is 15.9 Å². The molecule has 20 heavy (non-hydrogen) atoms. The van der Waals surface area contributed by atoms with Crippen molar-refractivity contribution in [3.05, 3.63) is 47.5 Å². The number of carbonyl (C=O) groups excluding carboxylic acids is 1. The number of rotatable bonds is 4. The Morgan fingerprint density at radius 1 is 1.30 bits per heavy atom. The van der Waals surface area contributed by atoms with Crippen molar-refractivity contribution < 1.29 is 9.53 Å². The van der Waals surface area contributed by atoms with Crippen molar-refractivity contribution in [2.24, 2.45) is 5.41 Å². The molecule has 2 aromatic rings. The molecule has 0 radical (unpaired) electrons. The second-order valence-corrected chi connectivity index (χ2v) is 6.47. The van der Waals surface area contributed by atoms with Crippen LogP contribution in [-0.4, -0.2) is 15.3 Å². The number of pyridine rings is 1. The van der Waals surface area contributed by atoms with Gasteiger partial charge in [0.1, 0.15) is 5.75 Å². The Morgan fingerprint density at radius 3 is 2.50 bits per heavy atom. The quantitative estimate of drug-likeness (QED) is 0.851. The number of aromatic nitrogens is 2. The number of Topliss-reactive ketones (excluding diaryl/α,β-unsaturated/α-hetero) is 1. The summed E-state index contributed by atoms with van der Waals surface area (Å²) in [5, 5.41) is 0. The van der Waals surface area contributed by atoms with Gasteiger partial charge >= 0.3 is 0 Å². The summed E-state index contributed by atoms with van der Waals surface area (Å²) in [5.74, 6) is 0.560. The summed E-state index contributed by atoms with van der Waals surface area (Å²) in [6.07, 6.45) is 6.21. The highest BCUT2D eigenvalue weighted by Crippen LogP contribution is 2.27. The Kier molecular flexibility index (Phi) is 4.28. The standard InChI is InChI=1S/C15H17BrN2O2/c1-15(2,3)13(19)14(18-6-4-5-7-18)20-12-8-11(16)9-17-10-12/h4-10,14H,1-3H3. The van der Waals surface area contributed by atoms with E-state index in [0.717, 1.165) is 4.47 Å². The molecule has 2 heterocycles.